The molecule has 3 aromatic rings. The SMILES string of the molecule is COc1cc(C(=O)NC[C@@H](c2ccc(N(C)C)cc2)N2CCc3ccccc32)cc(OC)c1OC. The van der Waals surface area contributed by atoms with Crippen LogP contribution in [0.25, 0.3) is 0 Å². The van der Waals surface area contributed by atoms with Crippen molar-refractivity contribution in [1.82, 2.24) is 5.32 Å². The smallest absolute Gasteiger partial charge is 0.251 e. The fourth-order valence-corrected chi connectivity index (χ4v) is 4.59. The predicted molar refractivity (Wildman–Crippen MR) is 139 cm³/mol. The van der Waals surface area contributed by atoms with Crippen molar-refractivity contribution in [3.8, 4) is 17.2 Å². The molecule has 0 aliphatic carbocycles. The molecule has 1 amide bonds. The van der Waals surface area contributed by atoms with Gasteiger partial charge in [0.1, 0.15) is 0 Å². The molecule has 0 saturated heterocycles. The Morgan fingerprint density at radius 1 is 0.971 bits per heavy atom. The van der Waals surface area contributed by atoms with E-state index in [4.69, 9.17) is 14.2 Å². The lowest BCUT2D eigenvalue weighted by Crippen LogP contribution is -2.37. The van der Waals surface area contributed by atoms with E-state index in [0.29, 0.717) is 29.4 Å². The Hall–Kier alpha value is -3.87. The molecule has 3 aromatic carbocycles. The number of methoxy groups -OCH3 is 3. The number of rotatable bonds is 9. The van der Waals surface area contributed by atoms with Crippen LogP contribution < -0.4 is 29.3 Å². The van der Waals surface area contributed by atoms with E-state index < -0.39 is 0 Å². The lowest BCUT2D eigenvalue weighted by Gasteiger charge is -2.31. The number of amides is 1. The Labute approximate surface area is 207 Å². The monoisotopic (exact) mass is 475 g/mol. The number of para-hydroxylation sites is 1. The molecule has 1 N–H and O–H groups in total. The molecule has 0 fully saturated rings. The van der Waals surface area contributed by atoms with E-state index in [1.54, 1.807) is 19.2 Å². The Balaban J connectivity index is 1.61. The molecule has 1 aliphatic heterocycles. The summed E-state index contributed by atoms with van der Waals surface area (Å²) in [5, 5.41) is 3.14. The number of nitrogens with one attached hydrogen (secondary N) is 1. The Bertz CT molecular complexity index is 1150. The number of fused-ring (bicyclic) bond motifs is 1. The molecular formula is C28H33N3O4. The molecule has 0 bridgehead atoms. The zero-order valence-electron chi connectivity index (χ0n) is 21.0. The van der Waals surface area contributed by atoms with E-state index in [9.17, 15) is 4.79 Å². The number of anilines is 2. The van der Waals surface area contributed by atoms with Gasteiger partial charge in [0.25, 0.3) is 5.91 Å². The van der Waals surface area contributed by atoms with E-state index in [0.717, 1.165) is 24.2 Å². The van der Waals surface area contributed by atoms with Gasteiger partial charge in [-0.25, -0.2) is 0 Å². The maximum absolute atomic E-state index is 13.2. The molecule has 184 valence electrons. The highest BCUT2D eigenvalue weighted by molar-refractivity contribution is 5.95. The van der Waals surface area contributed by atoms with E-state index in [-0.39, 0.29) is 11.9 Å². The highest BCUT2D eigenvalue weighted by Gasteiger charge is 2.28. The van der Waals surface area contributed by atoms with Crippen molar-refractivity contribution in [2.24, 2.45) is 0 Å². The van der Waals surface area contributed by atoms with Crippen molar-refractivity contribution in [3.63, 3.8) is 0 Å². The van der Waals surface area contributed by atoms with Crippen molar-refractivity contribution < 1.29 is 19.0 Å². The lowest BCUT2D eigenvalue weighted by molar-refractivity contribution is 0.0950. The Morgan fingerprint density at radius 3 is 2.23 bits per heavy atom. The fraction of sp³-hybridized carbons (Fsp3) is 0.321. The summed E-state index contributed by atoms with van der Waals surface area (Å²) in [5.41, 5.74) is 5.28. The molecule has 7 nitrogen and oxygen atoms in total. The van der Waals surface area contributed by atoms with E-state index in [1.807, 2.05) is 14.1 Å². The van der Waals surface area contributed by atoms with Gasteiger partial charge >= 0.3 is 0 Å². The standard InChI is InChI=1S/C28H33N3O4/c1-30(2)22-12-10-20(11-13-22)24(31-15-14-19-8-6-7-9-23(19)31)18-29-28(32)21-16-25(33-3)27(35-5)26(17-21)34-4/h6-13,16-17,24H,14-15,18H2,1-5H3,(H,29,32)/t24-/m0/s1. The largest absolute Gasteiger partial charge is 0.493 e. The van der Waals surface area contributed by atoms with Gasteiger partial charge in [-0.3, -0.25) is 4.79 Å². The third-order valence-corrected chi connectivity index (χ3v) is 6.48. The average molecular weight is 476 g/mol. The van der Waals surface area contributed by atoms with Crippen LogP contribution in [-0.4, -0.2) is 54.4 Å². The minimum atomic E-state index is -0.202. The molecule has 1 aliphatic rings. The van der Waals surface area contributed by atoms with Gasteiger partial charge in [0.05, 0.1) is 27.4 Å². The summed E-state index contributed by atoms with van der Waals surface area (Å²) in [6.45, 7) is 1.35. The summed E-state index contributed by atoms with van der Waals surface area (Å²) < 4.78 is 16.2. The van der Waals surface area contributed by atoms with Crippen LogP contribution in [0.2, 0.25) is 0 Å². The van der Waals surface area contributed by atoms with Crippen LogP contribution >= 0.6 is 0 Å². The molecule has 0 saturated carbocycles. The van der Waals surface area contributed by atoms with Crippen molar-refractivity contribution >= 4 is 17.3 Å². The van der Waals surface area contributed by atoms with Crippen molar-refractivity contribution in [1.29, 1.82) is 0 Å². The minimum absolute atomic E-state index is 0.0131. The van der Waals surface area contributed by atoms with Crippen LogP contribution in [0, 0.1) is 0 Å². The molecule has 7 heteroatoms. The first kappa shape index (κ1) is 24.3. The minimum Gasteiger partial charge on any atom is -0.493 e. The van der Waals surface area contributed by atoms with Gasteiger partial charge in [0, 0.05) is 44.1 Å². The third kappa shape index (κ3) is 4.99. The van der Waals surface area contributed by atoms with Gasteiger partial charge in [0.15, 0.2) is 11.5 Å². The Morgan fingerprint density at radius 2 is 1.63 bits per heavy atom. The van der Waals surface area contributed by atoms with Crippen molar-refractivity contribution in [2.45, 2.75) is 12.5 Å². The summed E-state index contributed by atoms with van der Waals surface area (Å²) in [6, 6.07) is 20.3. The highest BCUT2D eigenvalue weighted by atomic mass is 16.5. The molecule has 0 aromatic heterocycles. The quantitative estimate of drug-likeness (QED) is 0.498. The Kier molecular flexibility index (Phi) is 7.34. The van der Waals surface area contributed by atoms with Gasteiger partial charge in [-0.15, -0.1) is 0 Å². The van der Waals surface area contributed by atoms with Gasteiger partial charge in [0.2, 0.25) is 5.75 Å². The molecule has 1 heterocycles. The number of carbonyl (C=O) groups excluding carboxylic acids is 1. The first-order valence-electron chi connectivity index (χ1n) is 11.7. The first-order valence-corrected chi connectivity index (χ1v) is 11.7. The van der Waals surface area contributed by atoms with Crippen molar-refractivity contribution in [3.05, 3.63) is 77.4 Å². The zero-order chi connectivity index (χ0) is 24.9. The number of carbonyl (C=O) groups is 1. The molecule has 0 unspecified atom stereocenters. The number of benzene rings is 3. The van der Waals surface area contributed by atoms with E-state index >= 15 is 0 Å². The number of hydrogen-bond acceptors (Lipinski definition) is 6. The van der Waals surface area contributed by atoms with Gasteiger partial charge in [-0.1, -0.05) is 30.3 Å². The molecule has 4 rings (SSSR count). The van der Waals surface area contributed by atoms with Gasteiger partial charge in [-0.05, 0) is 47.9 Å². The zero-order valence-corrected chi connectivity index (χ0v) is 21.0. The summed E-state index contributed by atoms with van der Waals surface area (Å²) in [4.78, 5) is 17.7. The van der Waals surface area contributed by atoms with E-state index in [2.05, 4.69) is 63.6 Å². The summed E-state index contributed by atoms with van der Waals surface area (Å²) in [5.74, 6) is 1.15. The lowest BCUT2D eigenvalue weighted by atomic mass is 10.0. The fourth-order valence-electron chi connectivity index (χ4n) is 4.59. The second kappa shape index (κ2) is 10.6. The molecule has 0 spiro atoms. The van der Waals surface area contributed by atoms with Crippen LogP contribution in [0.3, 0.4) is 0 Å². The molecule has 35 heavy (non-hydrogen) atoms. The number of nitrogens with zero attached hydrogens (tertiary/aromatic N) is 2. The number of hydrogen-bond donors (Lipinski definition) is 1. The van der Waals surface area contributed by atoms with Crippen LogP contribution in [0.1, 0.15) is 27.5 Å². The topological polar surface area (TPSA) is 63.3 Å². The summed E-state index contributed by atoms with van der Waals surface area (Å²) in [6.07, 6.45) is 0.989. The van der Waals surface area contributed by atoms with Gasteiger partial charge < -0.3 is 29.3 Å². The van der Waals surface area contributed by atoms with Gasteiger partial charge in [-0.2, -0.15) is 0 Å². The van der Waals surface area contributed by atoms with Crippen molar-refractivity contribution in [2.75, 3.05) is 58.3 Å². The first-order chi connectivity index (χ1) is 17.0. The van der Waals surface area contributed by atoms with E-state index in [1.165, 1.54) is 25.5 Å². The van der Waals surface area contributed by atoms with Crippen LogP contribution in [0.5, 0.6) is 17.2 Å². The maximum Gasteiger partial charge on any atom is 0.251 e. The average Bonchev–Trinajstić information content (AvgIpc) is 3.32. The van der Waals surface area contributed by atoms with Crippen LogP contribution in [0.15, 0.2) is 60.7 Å². The third-order valence-electron chi connectivity index (χ3n) is 6.48. The molecule has 1 atom stereocenters. The van der Waals surface area contributed by atoms with Crippen LogP contribution in [-0.2, 0) is 6.42 Å². The molecular weight excluding hydrogens is 442 g/mol. The normalized spacial score (nSPS) is 13.1. The summed E-state index contributed by atoms with van der Waals surface area (Å²) in [7, 11) is 8.68. The van der Waals surface area contributed by atoms with Crippen LogP contribution in [0.4, 0.5) is 11.4 Å². The number of ether oxygens (including phenoxy) is 3. The maximum atomic E-state index is 13.2. The highest BCUT2D eigenvalue weighted by Crippen LogP contribution is 2.38. The second-order valence-electron chi connectivity index (χ2n) is 8.70. The second-order valence-corrected chi connectivity index (χ2v) is 8.70. The summed E-state index contributed by atoms with van der Waals surface area (Å²) >= 11 is 0. The molecule has 0 radical (unpaired) electrons. The predicted octanol–water partition coefficient (Wildman–Crippen LogP) is 4.31.